The van der Waals surface area contributed by atoms with E-state index in [2.05, 4.69) is 30.7 Å². The van der Waals surface area contributed by atoms with E-state index in [-0.39, 0.29) is 0 Å². The zero-order valence-corrected chi connectivity index (χ0v) is 12.3. The van der Waals surface area contributed by atoms with Crippen molar-refractivity contribution in [2.75, 3.05) is 23.9 Å². The zero-order valence-electron chi connectivity index (χ0n) is 11.5. The molecule has 0 aliphatic rings. The normalized spacial score (nSPS) is 10.7. The van der Waals surface area contributed by atoms with Gasteiger partial charge in [0.1, 0.15) is 0 Å². The highest BCUT2D eigenvalue weighted by atomic mass is 35.5. The first-order chi connectivity index (χ1) is 8.70. The van der Waals surface area contributed by atoms with E-state index in [1.807, 2.05) is 18.3 Å². The van der Waals surface area contributed by atoms with Crippen LogP contribution in [0.1, 0.15) is 33.6 Å². The number of hydrogen-bond donors (Lipinski definition) is 0. The van der Waals surface area contributed by atoms with Gasteiger partial charge in [-0.15, -0.1) is 11.6 Å². The summed E-state index contributed by atoms with van der Waals surface area (Å²) in [5.74, 6) is 2.45. The van der Waals surface area contributed by atoms with Gasteiger partial charge >= 0.3 is 0 Å². The van der Waals surface area contributed by atoms with Crippen molar-refractivity contribution < 1.29 is 4.74 Å². The van der Waals surface area contributed by atoms with E-state index in [1.165, 1.54) is 0 Å². The van der Waals surface area contributed by atoms with Crippen LogP contribution in [0.4, 0.5) is 5.82 Å². The molecule has 0 aliphatic heterocycles. The second kappa shape index (κ2) is 8.20. The highest BCUT2D eigenvalue weighted by Gasteiger charge is 2.16. The van der Waals surface area contributed by atoms with Crippen molar-refractivity contribution in [3.63, 3.8) is 0 Å². The summed E-state index contributed by atoms with van der Waals surface area (Å²) in [6.45, 7) is 8.05. The molecule has 1 rings (SSSR count). The molecule has 0 saturated heterocycles. The molecule has 0 radical (unpaired) electrons. The summed E-state index contributed by atoms with van der Waals surface area (Å²) in [5.41, 5.74) is 0. The molecule has 1 aromatic rings. The fraction of sp³-hybridized carbons (Fsp3) is 0.643. The van der Waals surface area contributed by atoms with Crippen LogP contribution in [-0.2, 0) is 0 Å². The third-order valence-corrected chi connectivity index (χ3v) is 2.91. The Hall–Kier alpha value is -0.960. The number of nitrogens with zero attached hydrogens (tertiary/aromatic N) is 2. The molecule has 0 aliphatic carbocycles. The SMILES string of the molecule is CCCOc1cccnc1N(CCCCl)C(C)C. The van der Waals surface area contributed by atoms with E-state index < -0.39 is 0 Å². The highest BCUT2D eigenvalue weighted by molar-refractivity contribution is 6.17. The number of ether oxygens (including phenoxy) is 1. The molecule has 102 valence electrons. The largest absolute Gasteiger partial charge is 0.490 e. The highest BCUT2D eigenvalue weighted by Crippen LogP contribution is 2.27. The van der Waals surface area contributed by atoms with Crippen molar-refractivity contribution in [1.29, 1.82) is 0 Å². The van der Waals surface area contributed by atoms with Crippen LogP contribution in [0.15, 0.2) is 18.3 Å². The lowest BCUT2D eigenvalue weighted by molar-refractivity contribution is 0.316. The molecule has 0 spiro atoms. The molecule has 0 N–H and O–H groups in total. The number of rotatable bonds is 8. The second-order valence-corrected chi connectivity index (χ2v) is 4.88. The van der Waals surface area contributed by atoms with Gasteiger partial charge in [0, 0.05) is 24.7 Å². The van der Waals surface area contributed by atoms with Gasteiger partial charge in [0.05, 0.1) is 6.61 Å². The molecule has 0 fully saturated rings. The van der Waals surface area contributed by atoms with E-state index in [0.29, 0.717) is 11.9 Å². The lowest BCUT2D eigenvalue weighted by Gasteiger charge is -2.29. The van der Waals surface area contributed by atoms with Gasteiger partial charge in [-0.2, -0.15) is 0 Å². The van der Waals surface area contributed by atoms with Gasteiger partial charge in [-0.3, -0.25) is 0 Å². The number of hydrogen-bond acceptors (Lipinski definition) is 3. The Bertz CT molecular complexity index is 344. The van der Waals surface area contributed by atoms with Crippen LogP contribution < -0.4 is 9.64 Å². The molecular formula is C14H23ClN2O. The fourth-order valence-electron chi connectivity index (χ4n) is 1.76. The Morgan fingerprint density at radius 3 is 2.83 bits per heavy atom. The first-order valence-electron chi connectivity index (χ1n) is 6.61. The first kappa shape index (κ1) is 15.1. The van der Waals surface area contributed by atoms with Gasteiger partial charge in [0.2, 0.25) is 0 Å². The van der Waals surface area contributed by atoms with Crippen molar-refractivity contribution in [3.8, 4) is 5.75 Å². The van der Waals surface area contributed by atoms with Crippen LogP contribution in [-0.4, -0.2) is 30.1 Å². The van der Waals surface area contributed by atoms with Crippen molar-refractivity contribution >= 4 is 17.4 Å². The monoisotopic (exact) mass is 270 g/mol. The lowest BCUT2D eigenvalue weighted by Crippen LogP contribution is -2.33. The Balaban J connectivity index is 2.88. The molecule has 0 unspecified atom stereocenters. The maximum atomic E-state index is 5.78. The Morgan fingerprint density at radius 2 is 2.22 bits per heavy atom. The van der Waals surface area contributed by atoms with Crippen LogP contribution >= 0.6 is 11.6 Å². The maximum absolute atomic E-state index is 5.78. The number of pyridine rings is 1. The number of aromatic nitrogens is 1. The quantitative estimate of drug-likeness (QED) is 0.674. The van der Waals surface area contributed by atoms with E-state index in [0.717, 1.165) is 37.6 Å². The Morgan fingerprint density at radius 1 is 1.44 bits per heavy atom. The molecule has 0 aromatic carbocycles. The summed E-state index contributed by atoms with van der Waals surface area (Å²) >= 11 is 5.78. The summed E-state index contributed by atoms with van der Waals surface area (Å²) in [4.78, 5) is 6.71. The summed E-state index contributed by atoms with van der Waals surface area (Å²) in [7, 11) is 0. The molecule has 4 heteroatoms. The standard InChI is InChI=1S/C14H23ClN2O/c1-4-11-18-13-7-5-9-16-14(13)17(12(2)3)10-6-8-15/h5,7,9,12H,4,6,8,10-11H2,1-3H3. The molecule has 0 amide bonds. The van der Waals surface area contributed by atoms with Crippen LogP contribution in [0.3, 0.4) is 0 Å². The molecule has 1 aromatic heterocycles. The minimum Gasteiger partial charge on any atom is -0.490 e. The third kappa shape index (κ3) is 4.37. The van der Waals surface area contributed by atoms with Gasteiger partial charge in [-0.1, -0.05) is 6.92 Å². The van der Waals surface area contributed by atoms with Crippen LogP contribution in [0, 0.1) is 0 Å². The van der Waals surface area contributed by atoms with Crippen molar-refractivity contribution in [2.24, 2.45) is 0 Å². The van der Waals surface area contributed by atoms with E-state index >= 15 is 0 Å². The maximum Gasteiger partial charge on any atom is 0.171 e. The number of alkyl halides is 1. The smallest absolute Gasteiger partial charge is 0.171 e. The molecule has 18 heavy (non-hydrogen) atoms. The summed E-state index contributed by atoms with van der Waals surface area (Å²) in [6.07, 6.45) is 3.76. The Labute approximate surface area is 115 Å². The lowest BCUT2D eigenvalue weighted by atomic mass is 10.2. The van der Waals surface area contributed by atoms with Crippen molar-refractivity contribution in [2.45, 2.75) is 39.7 Å². The van der Waals surface area contributed by atoms with Gasteiger partial charge in [-0.05, 0) is 38.8 Å². The summed E-state index contributed by atoms with van der Waals surface area (Å²) < 4.78 is 5.76. The predicted molar refractivity (Wildman–Crippen MR) is 77.8 cm³/mol. The molecule has 1 heterocycles. The van der Waals surface area contributed by atoms with Crippen LogP contribution in [0.25, 0.3) is 0 Å². The van der Waals surface area contributed by atoms with Crippen LogP contribution in [0.2, 0.25) is 0 Å². The van der Waals surface area contributed by atoms with Crippen molar-refractivity contribution in [1.82, 2.24) is 4.98 Å². The van der Waals surface area contributed by atoms with Crippen molar-refractivity contribution in [3.05, 3.63) is 18.3 Å². The molecule has 0 bridgehead atoms. The van der Waals surface area contributed by atoms with Gasteiger partial charge < -0.3 is 9.64 Å². The minimum absolute atomic E-state index is 0.382. The summed E-state index contributed by atoms with van der Waals surface area (Å²) in [5, 5.41) is 0. The average Bonchev–Trinajstić information content (AvgIpc) is 2.37. The van der Waals surface area contributed by atoms with Gasteiger partial charge in [0.15, 0.2) is 11.6 Å². The van der Waals surface area contributed by atoms with E-state index in [1.54, 1.807) is 0 Å². The molecule has 0 saturated carbocycles. The third-order valence-electron chi connectivity index (χ3n) is 2.64. The zero-order chi connectivity index (χ0) is 13.4. The van der Waals surface area contributed by atoms with Gasteiger partial charge in [-0.25, -0.2) is 4.98 Å². The fourth-order valence-corrected chi connectivity index (χ4v) is 1.88. The Kier molecular flexibility index (Phi) is 6.88. The molecule has 3 nitrogen and oxygen atoms in total. The van der Waals surface area contributed by atoms with E-state index in [4.69, 9.17) is 16.3 Å². The van der Waals surface area contributed by atoms with E-state index in [9.17, 15) is 0 Å². The first-order valence-corrected chi connectivity index (χ1v) is 7.14. The number of halogens is 1. The molecule has 0 atom stereocenters. The number of anilines is 1. The second-order valence-electron chi connectivity index (χ2n) is 4.50. The van der Waals surface area contributed by atoms with Gasteiger partial charge in [0.25, 0.3) is 0 Å². The molecular weight excluding hydrogens is 248 g/mol. The average molecular weight is 271 g/mol. The van der Waals surface area contributed by atoms with Crippen LogP contribution in [0.5, 0.6) is 5.75 Å². The minimum atomic E-state index is 0.382. The predicted octanol–water partition coefficient (Wildman–Crippen LogP) is 3.71. The topological polar surface area (TPSA) is 25.4 Å². The summed E-state index contributed by atoms with van der Waals surface area (Å²) in [6, 6.07) is 4.27.